The molecule has 1 amide bonds. The number of nitrogens with zero attached hydrogens (tertiary/aromatic N) is 4. The molecule has 3 atom stereocenters. The summed E-state index contributed by atoms with van der Waals surface area (Å²) in [6.07, 6.45) is 6.53. The fourth-order valence-corrected chi connectivity index (χ4v) is 6.53. The number of carbonyl (C=O) groups excluding carboxylic acids is 1. The first-order chi connectivity index (χ1) is 18.0. The number of likely N-dealkylation sites (tertiary alicyclic amines) is 1. The summed E-state index contributed by atoms with van der Waals surface area (Å²) in [5.41, 5.74) is 1.97. The van der Waals surface area contributed by atoms with Crippen LogP contribution >= 0.6 is 11.3 Å². The topological polar surface area (TPSA) is 106 Å². The van der Waals surface area contributed by atoms with Crippen molar-refractivity contribution in [3.8, 4) is 0 Å². The number of thiazole rings is 1. The van der Waals surface area contributed by atoms with Crippen LogP contribution in [0.25, 0.3) is 0 Å². The van der Waals surface area contributed by atoms with Gasteiger partial charge in [0.15, 0.2) is 5.72 Å². The zero-order valence-corrected chi connectivity index (χ0v) is 23.7. The highest BCUT2D eigenvalue weighted by Crippen LogP contribution is 2.54. The molecule has 1 aliphatic rings. The molecule has 1 aliphatic heterocycles. The highest BCUT2D eigenvalue weighted by atomic mass is 32.1. The molecule has 38 heavy (non-hydrogen) atoms. The van der Waals surface area contributed by atoms with E-state index in [1.165, 1.54) is 16.9 Å². The normalized spacial score (nSPS) is 21.6. The van der Waals surface area contributed by atoms with Crippen LogP contribution in [0.3, 0.4) is 0 Å². The predicted octanol–water partition coefficient (Wildman–Crippen LogP) is 6.60. The van der Waals surface area contributed by atoms with Crippen LogP contribution in [0.5, 0.6) is 0 Å². The van der Waals surface area contributed by atoms with E-state index in [1.54, 1.807) is 29.7 Å². The van der Waals surface area contributed by atoms with Crippen molar-refractivity contribution in [3.63, 3.8) is 0 Å². The highest BCUT2D eigenvalue weighted by molar-refractivity contribution is 7.09. The van der Waals surface area contributed by atoms with Crippen molar-refractivity contribution in [1.82, 2.24) is 19.9 Å². The third-order valence-electron chi connectivity index (χ3n) is 7.07. The van der Waals surface area contributed by atoms with Crippen molar-refractivity contribution in [2.45, 2.75) is 83.9 Å². The summed E-state index contributed by atoms with van der Waals surface area (Å²) < 4.78 is 5.73. The molecule has 9 heteroatoms. The maximum Gasteiger partial charge on any atom is 0.507 e. The largest absolute Gasteiger partial charge is 0.507 e. The number of hydrogen-bond acceptors (Lipinski definition) is 7. The molecule has 1 saturated heterocycles. The van der Waals surface area contributed by atoms with Crippen LogP contribution in [0.1, 0.15) is 98.5 Å². The van der Waals surface area contributed by atoms with E-state index in [0.29, 0.717) is 22.7 Å². The molecule has 0 radical (unpaired) electrons. The van der Waals surface area contributed by atoms with Crippen molar-refractivity contribution in [3.05, 3.63) is 75.8 Å². The predicted molar refractivity (Wildman–Crippen MR) is 146 cm³/mol. The Balaban J connectivity index is 1.93. The average Bonchev–Trinajstić information content (AvgIpc) is 3.48. The van der Waals surface area contributed by atoms with Gasteiger partial charge >= 0.3 is 6.16 Å². The first-order valence-electron chi connectivity index (χ1n) is 13.0. The van der Waals surface area contributed by atoms with E-state index in [-0.39, 0.29) is 29.6 Å². The summed E-state index contributed by atoms with van der Waals surface area (Å²) >= 11 is 1.43. The van der Waals surface area contributed by atoms with Gasteiger partial charge in [0.1, 0.15) is 5.01 Å². The van der Waals surface area contributed by atoms with Gasteiger partial charge in [-0.2, -0.15) is 0 Å². The smallest absolute Gasteiger partial charge is 0.450 e. The molecule has 0 spiro atoms. The molecule has 1 fully saturated rings. The lowest BCUT2D eigenvalue weighted by Crippen LogP contribution is -2.52. The van der Waals surface area contributed by atoms with E-state index in [4.69, 9.17) is 4.74 Å². The minimum absolute atomic E-state index is 0.0525. The Morgan fingerprint density at radius 2 is 1.97 bits per heavy atom. The fourth-order valence-electron chi connectivity index (χ4n) is 5.73. The standard InChI is InChI=1S/C29H36N4O4S/c1-7-19-14-20(8-9-22(19)28(4,5)6)26(34)33-24(25-32-12-13-38-25)21(23-17-30-10-11-31-23)16-29(33,15-18(2)3)37-27(35)36/h8-14,17-18,21,24H,7,15-16H2,1-6H3,(H,35,36)/t21-,24-,29+/m1/s1. The van der Waals surface area contributed by atoms with E-state index in [0.717, 1.165) is 12.0 Å². The Morgan fingerprint density at radius 1 is 1.21 bits per heavy atom. The summed E-state index contributed by atoms with van der Waals surface area (Å²) in [5, 5.41) is 12.5. The van der Waals surface area contributed by atoms with Gasteiger partial charge in [-0.15, -0.1) is 11.3 Å². The molecule has 1 N–H and O–H groups in total. The number of amides is 1. The zero-order chi connectivity index (χ0) is 27.7. The third kappa shape index (κ3) is 5.43. The van der Waals surface area contributed by atoms with Gasteiger partial charge in [-0.25, -0.2) is 9.78 Å². The molecule has 1 aromatic carbocycles. The summed E-state index contributed by atoms with van der Waals surface area (Å²) in [7, 11) is 0. The van der Waals surface area contributed by atoms with Gasteiger partial charge < -0.3 is 9.84 Å². The molecule has 0 bridgehead atoms. The maximum absolute atomic E-state index is 14.5. The average molecular weight is 537 g/mol. The maximum atomic E-state index is 14.5. The zero-order valence-electron chi connectivity index (χ0n) is 22.8. The van der Waals surface area contributed by atoms with Gasteiger partial charge in [-0.05, 0) is 41.0 Å². The monoisotopic (exact) mass is 536 g/mol. The second-order valence-corrected chi connectivity index (χ2v) is 12.2. The second kappa shape index (κ2) is 10.8. The summed E-state index contributed by atoms with van der Waals surface area (Å²) in [4.78, 5) is 41.7. The molecule has 0 unspecified atom stereocenters. The lowest BCUT2D eigenvalue weighted by atomic mass is 9.82. The molecule has 2 aromatic heterocycles. The Kier molecular flexibility index (Phi) is 7.88. The Labute approximate surface area is 228 Å². The first-order valence-corrected chi connectivity index (χ1v) is 13.9. The van der Waals surface area contributed by atoms with Crippen LogP contribution in [-0.4, -0.2) is 42.7 Å². The molecular formula is C29H36N4O4S. The van der Waals surface area contributed by atoms with Crippen molar-refractivity contribution >= 4 is 23.4 Å². The molecule has 0 aliphatic carbocycles. The molecule has 0 saturated carbocycles. The summed E-state index contributed by atoms with van der Waals surface area (Å²) in [6.45, 7) is 12.5. The minimum Gasteiger partial charge on any atom is -0.450 e. The number of rotatable bonds is 7. The molecule has 202 valence electrons. The lowest BCUT2D eigenvalue weighted by molar-refractivity contribution is -0.108. The van der Waals surface area contributed by atoms with E-state index >= 15 is 0 Å². The van der Waals surface area contributed by atoms with Crippen molar-refractivity contribution in [2.24, 2.45) is 5.92 Å². The quantitative estimate of drug-likeness (QED) is 0.339. The second-order valence-electron chi connectivity index (χ2n) is 11.3. The van der Waals surface area contributed by atoms with E-state index in [9.17, 15) is 14.7 Å². The van der Waals surface area contributed by atoms with Crippen LogP contribution < -0.4 is 0 Å². The van der Waals surface area contributed by atoms with Crippen LogP contribution in [0.2, 0.25) is 0 Å². The highest BCUT2D eigenvalue weighted by Gasteiger charge is 2.59. The number of aromatic nitrogens is 3. The summed E-state index contributed by atoms with van der Waals surface area (Å²) in [6, 6.07) is 5.24. The Hall–Kier alpha value is -3.33. The van der Waals surface area contributed by atoms with Crippen LogP contribution in [0.4, 0.5) is 4.79 Å². The minimum atomic E-state index is -1.42. The van der Waals surface area contributed by atoms with Gasteiger partial charge in [0.2, 0.25) is 0 Å². The molecule has 8 nitrogen and oxygen atoms in total. The number of carboxylic acid groups (broad SMARTS) is 1. The number of aryl methyl sites for hydroxylation is 1. The third-order valence-corrected chi connectivity index (χ3v) is 7.92. The van der Waals surface area contributed by atoms with Gasteiger partial charge in [-0.3, -0.25) is 19.7 Å². The van der Waals surface area contributed by atoms with E-state index in [2.05, 4.69) is 42.6 Å². The van der Waals surface area contributed by atoms with Crippen molar-refractivity contribution in [1.29, 1.82) is 0 Å². The van der Waals surface area contributed by atoms with Gasteiger partial charge in [0, 0.05) is 54.5 Å². The lowest BCUT2D eigenvalue weighted by Gasteiger charge is -2.40. The molecule has 4 rings (SSSR count). The van der Waals surface area contributed by atoms with Crippen LogP contribution in [0.15, 0.2) is 48.4 Å². The van der Waals surface area contributed by atoms with Crippen molar-refractivity contribution in [2.75, 3.05) is 0 Å². The van der Waals surface area contributed by atoms with Gasteiger partial charge in [0.05, 0.1) is 11.7 Å². The van der Waals surface area contributed by atoms with Crippen LogP contribution in [0, 0.1) is 5.92 Å². The number of ether oxygens (including phenoxy) is 1. The molecule has 3 heterocycles. The Morgan fingerprint density at radius 3 is 2.53 bits per heavy atom. The fraction of sp³-hybridized carbons (Fsp3) is 0.483. The summed E-state index contributed by atoms with van der Waals surface area (Å²) in [5.74, 6) is -0.582. The molecule has 3 aromatic rings. The Bertz CT molecular complexity index is 1270. The number of benzene rings is 1. The van der Waals surface area contributed by atoms with Gasteiger partial charge in [0.25, 0.3) is 5.91 Å². The first kappa shape index (κ1) is 27.7. The van der Waals surface area contributed by atoms with E-state index in [1.807, 2.05) is 37.4 Å². The van der Waals surface area contributed by atoms with Crippen LogP contribution in [-0.2, 0) is 16.6 Å². The van der Waals surface area contributed by atoms with E-state index < -0.39 is 17.9 Å². The number of hydrogen-bond donors (Lipinski definition) is 1. The number of carbonyl (C=O) groups is 2. The van der Waals surface area contributed by atoms with Crippen molar-refractivity contribution < 1.29 is 19.4 Å². The molecular weight excluding hydrogens is 500 g/mol. The SMILES string of the molecule is CCc1cc(C(=O)N2[C@@H](c3nccs3)[C@@H](c3cnccn3)C[C@]2(CC(C)C)OC(=O)O)ccc1C(C)(C)C. The van der Waals surface area contributed by atoms with Gasteiger partial charge in [-0.1, -0.05) is 47.6 Å².